The number of anilines is 2. The fourth-order valence-corrected chi connectivity index (χ4v) is 3.59. The number of nitrogens with one attached hydrogen (secondary N) is 1. The third kappa shape index (κ3) is 4.68. The van der Waals surface area contributed by atoms with Crippen molar-refractivity contribution in [1.82, 2.24) is 4.90 Å². The molecule has 2 aliphatic rings. The molecule has 0 bridgehead atoms. The molecule has 1 saturated heterocycles. The van der Waals surface area contributed by atoms with Crippen LogP contribution < -0.4 is 10.2 Å². The van der Waals surface area contributed by atoms with E-state index in [1.807, 2.05) is 0 Å². The van der Waals surface area contributed by atoms with Gasteiger partial charge in [-0.05, 0) is 31.9 Å². The summed E-state index contributed by atoms with van der Waals surface area (Å²) < 4.78 is 5.15. The maximum atomic E-state index is 12.8. The molecule has 0 unspecified atom stereocenters. The lowest BCUT2D eigenvalue weighted by molar-refractivity contribution is -0.151. The van der Waals surface area contributed by atoms with Gasteiger partial charge in [0.15, 0.2) is 6.61 Å². The number of para-hydroxylation sites is 2. The zero-order valence-corrected chi connectivity index (χ0v) is 16.0. The van der Waals surface area contributed by atoms with Crippen LogP contribution in [0.2, 0.25) is 0 Å². The van der Waals surface area contributed by atoms with Gasteiger partial charge in [0.05, 0.1) is 11.4 Å². The summed E-state index contributed by atoms with van der Waals surface area (Å²) in [5.41, 5.74) is 1.12. The van der Waals surface area contributed by atoms with Crippen molar-refractivity contribution in [2.24, 2.45) is 0 Å². The Morgan fingerprint density at radius 1 is 1.18 bits per heavy atom. The van der Waals surface area contributed by atoms with Crippen molar-refractivity contribution in [1.29, 1.82) is 0 Å². The number of benzene rings is 1. The average molecular weight is 387 g/mol. The third-order valence-corrected chi connectivity index (χ3v) is 4.98. The molecule has 0 spiro atoms. The van der Waals surface area contributed by atoms with Crippen LogP contribution in [0.3, 0.4) is 0 Å². The minimum absolute atomic E-state index is 0.0552. The van der Waals surface area contributed by atoms with E-state index < -0.39 is 18.5 Å². The highest BCUT2D eigenvalue weighted by Crippen LogP contribution is 2.31. The third-order valence-electron chi connectivity index (χ3n) is 4.98. The molecule has 0 aromatic heterocycles. The molecule has 3 rings (SSSR count). The van der Waals surface area contributed by atoms with Crippen molar-refractivity contribution < 1.29 is 23.9 Å². The van der Waals surface area contributed by atoms with Gasteiger partial charge in [-0.1, -0.05) is 18.6 Å². The number of ether oxygens (including phenoxy) is 1. The fourth-order valence-electron chi connectivity index (χ4n) is 3.59. The van der Waals surface area contributed by atoms with Crippen LogP contribution in [0.5, 0.6) is 0 Å². The zero-order valence-electron chi connectivity index (χ0n) is 16.0. The molecule has 150 valence electrons. The largest absolute Gasteiger partial charge is 0.454 e. The second-order valence-corrected chi connectivity index (χ2v) is 7.17. The molecule has 3 amide bonds. The van der Waals surface area contributed by atoms with Crippen molar-refractivity contribution in [3.63, 3.8) is 0 Å². The van der Waals surface area contributed by atoms with Gasteiger partial charge in [-0.2, -0.15) is 0 Å². The van der Waals surface area contributed by atoms with E-state index in [9.17, 15) is 19.2 Å². The lowest BCUT2D eigenvalue weighted by atomic mass is 10.1. The Kier molecular flexibility index (Phi) is 6.28. The minimum atomic E-state index is -0.603. The number of amides is 3. The number of rotatable bonds is 4. The SMILES string of the molecule is C[C@@H]1CC(=O)Nc2ccccc2N1C(=O)COC(=O)CN1CCCCCC1=O. The second-order valence-electron chi connectivity index (χ2n) is 7.17. The fraction of sp³-hybridized carbons (Fsp3) is 0.500. The maximum absolute atomic E-state index is 12.8. The molecule has 1 aromatic rings. The van der Waals surface area contributed by atoms with Gasteiger partial charge < -0.3 is 19.9 Å². The first-order valence-corrected chi connectivity index (χ1v) is 9.60. The Bertz CT molecular complexity index is 779. The minimum Gasteiger partial charge on any atom is -0.454 e. The van der Waals surface area contributed by atoms with Crippen molar-refractivity contribution in [2.75, 3.05) is 29.9 Å². The van der Waals surface area contributed by atoms with E-state index in [1.54, 1.807) is 31.2 Å². The topological polar surface area (TPSA) is 96.0 Å². The number of fused-ring (bicyclic) bond motifs is 1. The average Bonchev–Trinajstić information content (AvgIpc) is 2.93. The molecule has 0 saturated carbocycles. The van der Waals surface area contributed by atoms with Gasteiger partial charge in [-0.25, -0.2) is 0 Å². The molecule has 2 heterocycles. The Hall–Kier alpha value is -2.90. The number of esters is 1. The zero-order chi connectivity index (χ0) is 20.1. The number of nitrogens with zero attached hydrogens (tertiary/aromatic N) is 2. The van der Waals surface area contributed by atoms with Crippen molar-refractivity contribution >= 4 is 35.1 Å². The van der Waals surface area contributed by atoms with Gasteiger partial charge in [-0.3, -0.25) is 19.2 Å². The Morgan fingerprint density at radius 3 is 2.79 bits per heavy atom. The summed E-state index contributed by atoms with van der Waals surface area (Å²) in [6.45, 7) is 1.73. The summed E-state index contributed by atoms with van der Waals surface area (Å²) in [5.74, 6) is -1.24. The Labute approximate surface area is 163 Å². The number of carbonyl (C=O) groups excluding carboxylic acids is 4. The van der Waals surface area contributed by atoms with E-state index >= 15 is 0 Å². The van der Waals surface area contributed by atoms with Crippen LogP contribution in [0.25, 0.3) is 0 Å². The lowest BCUT2D eigenvalue weighted by Crippen LogP contribution is -2.42. The van der Waals surface area contributed by atoms with Gasteiger partial charge in [0.1, 0.15) is 6.54 Å². The Morgan fingerprint density at radius 2 is 1.96 bits per heavy atom. The predicted octanol–water partition coefficient (Wildman–Crippen LogP) is 1.70. The predicted molar refractivity (Wildman–Crippen MR) is 103 cm³/mol. The standard InChI is InChI=1S/C20H25N3O5/c1-14-11-17(24)21-15-7-4-5-8-16(15)23(14)19(26)13-28-20(27)12-22-10-6-2-3-9-18(22)25/h4-5,7-8,14H,2-3,6,9-13H2,1H3,(H,21,24)/t14-/m1/s1. The molecule has 8 heteroatoms. The molecular weight excluding hydrogens is 362 g/mol. The van der Waals surface area contributed by atoms with Crippen LogP contribution in [0, 0.1) is 0 Å². The molecule has 1 aromatic carbocycles. The van der Waals surface area contributed by atoms with Crippen molar-refractivity contribution in [2.45, 2.75) is 45.1 Å². The van der Waals surface area contributed by atoms with Crippen LogP contribution in [-0.4, -0.2) is 54.3 Å². The van der Waals surface area contributed by atoms with E-state index in [0.717, 1.165) is 19.3 Å². The molecule has 1 atom stereocenters. The molecule has 1 fully saturated rings. The molecule has 0 radical (unpaired) electrons. The first-order chi connectivity index (χ1) is 13.5. The molecular formula is C20H25N3O5. The van der Waals surface area contributed by atoms with E-state index in [2.05, 4.69) is 5.32 Å². The molecule has 2 aliphatic heterocycles. The van der Waals surface area contributed by atoms with E-state index in [-0.39, 0.29) is 30.8 Å². The summed E-state index contributed by atoms with van der Waals surface area (Å²) in [7, 11) is 0. The summed E-state index contributed by atoms with van der Waals surface area (Å²) in [6, 6.07) is 6.65. The number of carbonyl (C=O) groups is 4. The normalized spacial score (nSPS) is 20.0. The van der Waals surface area contributed by atoms with Gasteiger partial charge in [-0.15, -0.1) is 0 Å². The van der Waals surface area contributed by atoms with Crippen LogP contribution in [0.15, 0.2) is 24.3 Å². The van der Waals surface area contributed by atoms with Crippen molar-refractivity contribution in [3.8, 4) is 0 Å². The van der Waals surface area contributed by atoms with Gasteiger partial charge in [0.25, 0.3) is 5.91 Å². The maximum Gasteiger partial charge on any atom is 0.326 e. The summed E-state index contributed by atoms with van der Waals surface area (Å²) in [5, 5.41) is 2.78. The lowest BCUT2D eigenvalue weighted by Gasteiger charge is -2.27. The van der Waals surface area contributed by atoms with E-state index in [4.69, 9.17) is 4.74 Å². The Balaban J connectivity index is 1.63. The summed E-state index contributed by atoms with van der Waals surface area (Å²) >= 11 is 0. The number of hydrogen-bond donors (Lipinski definition) is 1. The highest BCUT2D eigenvalue weighted by atomic mass is 16.5. The van der Waals surface area contributed by atoms with Crippen molar-refractivity contribution in [3.05, 3.63) is 24.3 Å². The number of hydrogen-bond acceptors (Lipinski definition) is 5. The monoisotopic (exact) mass is 387 g/mol. The second kappa shape index (κ2) is 8.86. The summed E-state index contributed by atoms with van der Waals surface area (Å²) in [4.78, 5) is 51.9. The molecule has 8 nitrogen and oxygen atoms in total. The van der Waals surface area contributed by atoms with Crippen LogP contribution in [0.1, 0.15) is 39.0 Å². The highest BCUT2D eigenvalue weighted by molar-refractivity contribution is 6.05. The van der Waals surface area contributed by atoms with Crippen LogP contribution in [0.4, 0.5) is 11.4 Å². The quantitative estimate of drug-likeness (QED) is 0.794. The van der Waals surface area contributed by atoms with Gasteiger partial charge >= 0.3 is 5.97 Å². The van der Waals surface area contributed by atoms with Crippen LogP contribution >= 0.6 is 0 Å². The summed E-state index contributed by atoms with van der Waals surface area (Å²) in [6.07, 6.45) is 3.25. The number of likely N-dealkylation sites (tertiary alicyclic amines) is 1. The van der Waals surface area contributed by atoms with Gasteiger partial charge in [0.2, 0.25) is 11.8 Å². The van der Waals surface area contributed by atoms with Gasteiger partial charge in [0, 0.05) is 25.4 Å². The first-order valence-electron chi connectivity index (χ1n) is 9.60. The molecule has 1 N–H and O–H groups in total. The molecule has 0 aliphatic carbocycles. The first kappa shape index (κ1) is 19.9. The smallest absolute Gasteiger partial charge is 0.326 e. The van der Waals surface area contributed by atoms with E-state index in [0.29, 0.717) is 24.3 Å². The molecule has 28 heavy (non-hydrogen) atoms. The highest BCUT2D eigenvalue weighted by Gasteiger charge is 2.30. The van der Waals surface area contributed by atoms with E-state index in [1.165, 1.54) is 9.80 Å². The van der Waals surface area contributed by atoms with Crippen LogP contribution in [-0.2, 0) is 23.9 Å².